The van der Waals surface area contributed by atoms with Crippen LogP contribution < -0.4 is 5.73 Å². The Hall–Kier alpha value is -0.770. The van der Waals surface area contributed by atoms with Gasteiger partial charge in [0.15, 0.2) is 0 Å². The van der Waals surface area contributed by atoms with Gasteiger partial charge in [0.2, 0.25) is 5.91 Å². The Balaban J connectivity index is 0.00000208. The first-order valence-corrected chi connectivity index (χ1v) is 9.25. The summed E-state index contributed by atoms with van der Waals surface area (Å²) in [6, 6.07) is 8.11. The van der Waals surface area contributed by atoms with Crippen LogP contribution in [0.1, 0.15) is 44.6 Å². The van der Waals surface area contributed by atoms with Gasteiger partial charge in [0.25, 0.3) is 0 Å². The molecule has 0 aliphatic heterocycles. The number of fused-ring (bicyclic) bond motifs is 2. The van der Waals surface area contributed by atoms with E-state index in [0.717, 1.165) is 30.0 Å². The van der Waals surface area contributed by atoms with Gasteiger partial charge in [-0.25, -0.2) is 0 Å². The predicted octanol–water partition coefficient (Wildman–Crippen LogP) is 4.26. The van der Waals surface area contributed by atoms with Gasteiger partial charge in [-0.3, -0.25) is 4.79 Å². The lowest BCUT2D eigenvalue weighted by Crippen LogP contribution is -2.49. The summed E-state index contributed by atoms with van der Waals surface area (Å²) < 4.78 is 0. The molecule has 0 saturated heterocycles. The van der Waals surface area contributed by atoms with Crippen molar-refractivity contribution in [1.82, 2.24) is 4.90 Å². The van der Waals surface area contributed by atoms with E-state index in [4.69, 9.17) is 17.3 Å². The van der Waals surface area contributed by atoms with E-state index in [2.05, 4.69) is 6.92 Å². The average Bonchev–Trinajstić information content (AvgIpc) is 2.52. The fourth-order valence-corrected chi connectivity index (χ4v) is 4.66. The molecular formula is C19H28Cl2N2O. The second-order valence-corrected chi connectivity index (χ2v) is 7.62. The number of halogens is 2. The Kier molecular flexibility index (Phi) is 6.97. The standard InChI is InChI=1S/C19H27ClN2O.ClH/c1-2-22(12-13-5-3-8-17(20)9-13)19(23)16-10-14-6-4-7-15(11-16)18(14)21;/h3,5,8-9,14-16,18H,2,4,6-7,10-12,21H2,1H3;1H. The van der Waals surface area contributed by atoms with Crippen LogP contribution in [-0.2, 0) is 11.3 Å². The minimum absolute atomic E-state index is 0. The van der Waals surface area contributed by atoms with E-state index in [9.17, 15) is 4.79 Å². The van der Waals surface area contributed by atoms with E-state index < -0.39 is 0 Å². The summed E-state index contributed by atoms with van der Waals surface area (Å²) in [5, 5.41) is 0.726. The smallest absolute Gasteiger partial charge is 0.225 e. The molecule has 3 nitrogen and oxygen atoms in total. The maximum atomic E-state index is 13.0. The second kappa shape index (κ2) is 8.55. The van der Waals surface area contributed by atoms with Gasteiger partial charge in [0.05, 0.1) is 0 Å². The highest BCUT2D eigenvalue weighted by Crippen LogP contribution is 2.42. The van der Waals surface area contributed by atoms with Crippen molar-refractivity contribution in [3.8, 4) is 0 Å². The molecule has 0 heterocycles. The number of nitrogens with two attached hydrogens (primary N) is 1. The number of rotatable bonds is 4. The molecule has 1 aromatic rings. The quantitative estimate of drug-likeness (QED) is 0.860. The summed E-state index contributed by atoms with van der Waals surface area (Å²) in [5.74, 6) is 1.54. The molecule has 2 bridgehead atoms. The minimum atomic E-state index is 0. The van der Waals surface area contributed by atoms with Crippen molar-refractivity contribution in [1.29, 1.82) is 0 Å². The molecule has 2 aliphatic rings. The monoisotopic (exact) mass is 370 g/mol. The first-order chi connectivity index (χ1) is 11.1. The number of nitrogens with zero attached hydrogens (tertiary/aromatic N) is 1. The van der Waals surface area contributed by atoms with Crippen LogP contribution in [0.3, 0.4) is 0 Å². The molecule has 1 aromatic carbocycles. The zero-order valence-electron chi connectivity index (χ0n) is 14.3. The highest BCUT2D eigenvalue weighted by atomic mass is 35.5. The van der Waals surface area contributed by atoms with Crippen LogP contribution in [0.15, 0.2) is 24.3 Å². The van der Waals surface area contributed by atoms with Crippen molar-refractivity contribution in [2.45, 2.75) is 51.6 Å². The van der Waals surface area contributed by atoms with Gasteiger partial charge in [0, 0.05) is 30.1 Å². The zero-order chi connectivity index (χ0) is 16.4. The maximum absolute atomic E-state index is 13.0. The zero-order valence-corrected chi connectivity index (χ0v) is 15.9. The summed E-state index contributed by atoms with van der Waals surface area (Å²) in [4.78, 5) is 15.0. The van der Waals surface area contributed by atoms with Crippen LogP contribution in [-0.4, -0.2) is 23.4 Å². The van der Waals surface area contributed by atoms with E-state index in [-0.39, 0.29) is 18.3 Å². The molecule has 2 aliphatic carbocycles. The molecule has 1 amide bonds. The van der Waals surface area contributed by atoms with Gasteiger partial charge in [-0.05, 0) is 62.1 Å². The maximum Gasteiger partial charge on any atom is 0.225 e. The van der Waals surface area contributed by atoms with E-state index in [1.54, 1.807) is 0 Å². The lowest BCUT2D eigenvalue weighted by Gasteiger charge is -2.44. The summed E-state index contributed by atoms with van der Waals surface area (Å²) in [6.45, 7) is 3.44. The van der Waals surface area contributed by atoms with Crippen molar-refractivity contribution in [2.24, 2.45) is 23.5 Å². The first-order valence-electron chi connectivity index (χ1n) is 8.87. The van der Waals surface area contributed by atoms with Crippen LogP contribution in [0.5, 0.6) is 0 Å². The van der Waals surface area contributed by atoms with Crippen LogP contribution in [0.4, 0.5) is 0 Å². The fourth-order valence-electron chi connectivity index (χ4n) is 4.45. The lowest BCUT2D eigenvalue weighted by atomic mass is 9.65. The normalized spacial score (nSPS) is 28.8. The molecule has 5 heteroatoms. The van der Waals surface area contributed by atoms with E-state index in [0.29, 0.717) is 30.3 Å². The second-order valence-electron chi connectivity index (χ2n) is 7.18. The van der Waals surface area contributed by atoms with Gasteiger partial charge >= 0.3 is 0 Å². The molecule has 2 unspecified atom stereocenters. The molecule has 2 atom stereocenters. The van der Waals surface area contributed by atoms with Crippen molar-refractivity contribution in [2.75, 3.05) is 6.54 Å². The van der Waals surface area contributed by atoms with Gasteiger partial charge in [-0.1, -0.05) is 30.2 Å². The van der Waals surface area contributed by atoms with Crippen molar-refractivity contribution in [3.63, 3.8) is 0 Å². The van der Waals surface area contributed by atoms with Crippen molar-refractivity contribution < 1.29 is 4.79 Å². The van der Waals surface area contributed by atoms with E-state index >= 15 is 0 Å². The van der Waals surface area contributed by atoms with Gasteiger partial charge in [0.1, 0.15) is 0 Å². The van der Waals surface area contributed by atoms with E-state index in [1.807, 2.05) is 29.2 Å². The molecular weight excluding hydrogens is 343 g/mol. The highest BCUT2D eigenvalue weighted by molar-refractivity contribution is 6.30. The topological polar surface area (TPSA) is 46.3 Å². The Bertz CT molecular complexity index is 552. The molecule has 0 spiro atoms. The Morgan fingerprint density at radius 3 is 2.54 bits per heavy atom. The van der Waals surface area contributed by atoms with Crippen LogP contribution in [0, 0.1) is 17.8 Å². The van der Waals surface area contributed by atoms with Gasteiger partial charge in [-0.2, -0.15) is 0 Å². The number of amides is 1. The van der Waals surface area contributed by atoms with E-state index in [1.165, 1.54) is 19.3 Å². The Morgan fingerprint density at radius 2 is 1.96 bits per heavy atom. The molecule has 2 saturated carbocycles. The number of benzene rings is 1. The minimum Gasteiger partial charge on any atom is -0.338 e. The summed E-state index contributed by atoms with van der Waals surface area (Å²) >= 11 is 6.06. The summed E-state index contributed by atoms with van der Waals surface area (Å²) in [5.41, 5.74) is 7.45. The molecule has 134 valence electrons. The number of hydrogen-bond donors (Lipinski definition) is 1. The number of hydrogen-bond acceptors (Lipinski definition) is 2. The molecule has 2 fully saturated rings. The van der Waals surface area contributed by atoms with Crippen molar-refractivity contribution >= 4 is 29.9 Å². The molecule has 0 aromatic heterocycles. The molecule has 24 heavy (non-hydrogen) atoms. The third-order valence-corrected chi connectivity index (χ3v) is 5.95. The summed E-state index contributed by atoms with van der Waals surface area (Å²) in [7, 11) is 0. The van der Waals surface area contributed by atoms with Crippen molar-refractivity contribution in [3.05, 3.63) is 34.9 Å². The average molecular weight is 371 g/mol. The van der Waals surface area contributed by atoms with Crippen LogP contribution >= 0.6 is 24.0 Å². The number of carbonyl (C=O) groups excluding carboxylic acids is 1. The van der Waals surface area contributed by atoms with Gasteiger partial charge < -0.3 is 10.6 Å². The molecule has 2 N–H and O–H groups in total. The van der Waals surface area contributed by atoms with Gasteiger partial charge in [-0.15, -0.1) is 12.4 Å². The SMILES string of the molecule is CCN(Cc1cccc(Cl)c1)C(=O)C1CC2CCCC(C1)C2N.Cl. The first kappa shape index (κ1) is 19.6. The third-order valence-electron chi connectivity index (χ3n) is 5.72. The largest absolute Gasteiger partial charge is 0.338 e. The number of carbonyl (C=O) groups is 1. The molecule has 3 rings (SSSR count). The Morgan fingerprint density at radius 1 is 1.29 bits per heavy atom. The molecule has 0 radical (unpaired) electrons. The predicted molar refractivity (Wildman–Crippen MR) is 101 cm³/mol. The Labute approximate surface area is 156 Å². The fraction of sp³-hybridized carbons (Fsp3) is 0.632. The highest BCUT2D eigenvalue weighted by Gasteiger charge is 2.41. The van der Waals surface area contributed by atoms with Crippen LogP contribution in [0.2, 0.25) is 5.02 Å². The lowest BCUT2D eigenvalue weighted by molar-refractivity contribution is -0.139. The van der Waals surface area contributed by atoms with Crippen LogP contribution in [0.25, 0.3) is 0 Å². The third kappa shape index (κ3) is 4.25. The summed E-state index contributed by atoms with van der Waals surface area (Å²) in [6.07, 6.45) is 5.62.